The van der Waals surface area contributed by atoms with Gasteiger partial charge in [0.25, 0.3) is 0 Å². The van der Waals surface area contributed by atoms with Gasteiger partial charge in [-0.2, -0.15) is 5.10 Å². The molecule has 0 amide bonds. The van der Waals surface area contributed by atoms with Gasteiger partial charge in [-0.1, -0.05) is 24.3 Å². The van der Waals surface area contributed by atoms with Crippen molar-refractivity contribution in [2.45, 2.75) is 25.6 Å². The highest BCUT2D eigenvalue weighted by atomic mass is 32.1. The summed E-state index contributed by atoms with van der Waals surface area (Å²) in [5.41, 5.74) is 3.92. The van der Waals surface area contributed by atoms with E-state index in [-0.39, 0.29) is 0 Å². The minimum absolute atomic E-state index is 0.421. The van der Waals surface area contributed by atoms with Gasteiger partial charge in [0.2, 0.25) is 0 Å². The van der Waals surface area contributed by atoms with E-state index in [9.17, 15) is 0 Å². The molecule has 128 valence electrons. The normalized spacial score (nSPS) is 16.4. The molecule has 0 saturated carbocycles. The number of benzene rings is 1. The summed E-state index contributed by atoms with van der Waals surface area (Å²) in [7, 11) is 4.11. The first-order chi connectivity index (χ1) is 12.1. The molecule has 6 heteroatoms. The summed E-state index contributed by atoms with van der Waals surface area (Å²) in [6.45, 7) is 0.677. The Hall–Kier alpha value is -2.31. The molecule has 0 saturated heterocycles. The molecule has 0 radical (unpaired) electrons. The number of hydrogen-bond donors (Lipinski definition) is 0. The molecule has 0 spiro atoms. The maximum Gasteiger partial charge on any atom is 0.199 e. The summed E-state index contributed by atoms with van der Waals surface area (Å²) < 4.78 is 4.59. The second-order valence-electron chi connectivity index (χ2n) is 6.55. The van der Waals surface area contributed by atoms with Gasteiger partial charge in [-0.3, -0.25) is 9.88 Å². The summed E-state index contributed by atoms with van der Waals surface area (Å²) >= 11 is 5.61. The monoisotopic (exact) mass is 351 g/mol. The van der Waals surface area contributed by atoms with Crippen LogP contribution in [0.2, 0.25) is 0 Å². The van der Waals surface area contributed by atoms with E-state index in [4.69, 9.17) is 17.3 Å². The first kappa shape index (κ1) is 16.2. The number of aromatic nitrogens is 4. The van der Waals surface area contributed by atoms with Crippen LogP contribution < -0.4 is 0 Å². The minimum Gasteiger partial charge on any atom is -0.303 e. The Bertz CT molecular complexity index is 944. The Morgan fingerprint density at radius 1 is 1.20 bits per heavy atom. The topological polar surface area (TPSA) is 38.9 Å². The SMILES string of the molecule is CN(Cn1nc(-c2ccncc2)n(C)c1=S)C1CCc2ccccc21. The van der Waals surface area contributed by atoms with E-state index in [1.54, 1.807) is 12.4 Å². The standard InChI is InChI=1S/C19H21N5S/c1-22(17-8-7-14-5-3-4-6-16(14)17)13-24-19(25)23(2)18(21-24)15-9-11-20-12-10-15/h3-6,9-12,17H,7-8,13H2,1-2H3. The van der Waals surface area contributed by atoms with E-state index in [0.717, 1.165) is 29.0 Å². The third-order valence-electron chi connectivity index (χ3n) is 4.97. The van der Waals surface area contributed by atoms with Crippen molar-refractivity contribution >= 4 is 12.2 Å². The van der Waals surface area contributed by atoms with E-state index < -0.39 is 0 Å². The van der Waals surface area contributed by atoms with E-state index in [0.29, 0.717) is 12.7 Å². The third kappa shape index (κ3) is 2.92. The van der Waals surface area contributed by atoms with Crippen molar-refractivity contribution < 1.29 is 0 Å². The molecule has 2 heterocycles. The van der Waals surface area contributed by atoms with Crippen LogP contribution in [-0.4, -0.2) is 31.3 Å². The molecular weight excluding hydrogens is 330 g/mol. The first-order valence-corrected chi connectivity index (χ1v) is 8.88. The number of pyridine rings is 1. The Morgan fingerprint density at radius 2 is 1.96 bits per heavy atom. The Labute approximate surface area is 152 Å². The average Bonchev–Trinajstić information content (AvgIpc) is 3.19. The fourth-order valence-corrected chi connectivity index (χ4v) is 3.82. The van der Waals surface area contributed by atoms with Gasteiger partial charge in [0.1, 0.15) is 0 Å². The molecule has 0 N–H and O–H groups in total. The summed E-state index contributed by atoms with van der Waals surface area (Å²) in [5.74, 6) is 0.868. The predicted octanol–water partition coefficient (Wildman–Crippen LogP) is 3.59. The molecule has 1 aliphatic carbocycles. The van der Waals surface area contributed by atoms with Crippen molar-refractivity contribution in [3.63, 3.8) is 0 Å². The van der Waals surface area contributed by atoms with Crippen molar-refractivity contribution in [2.24, 2.45) is 7.05 Å². The largest absolute Gasteiger partial charge is 0.303 e. The molecule has 2 aromatic heterocycles. The fraction of sp³-hybridized carbons (Fsp3) is 0.316. The van der Waals surface area contributed by atoms with Gasteiger partial charge < -0.3 is 4.57 Å². The molecule has 5 nitrogen and oxygen atoms in total. The van der Waals surface area contributed by atoms with E-state index in [1.807, 2.05) is 28.4 Å². The van der Waals surface area contributed by atoms with Crippen molar-refractivity contribution in [3.05, 3.63) is 64.7 Å². The highest BCUT2D eigenvalue weighted by Gasteiger charge is 2.26. The van der Waals surface area contributed by atoms with Gasteiger partial charge in [0.05, 0.1) is 6.67 Å². The first-order valence-electron chi connectivity index (χ1n) is 8.47. The van der Waals surface area contributed by atoms with Gasteiger partial charge in [-0.15, -0.1) is 0 Å². The maximum atomic E-state index is 5.61. The summed E-state index contributed by atoms with van der Waals surface area (Å²) in [6, 6.07) is 13.1. The van der Waals surface area contributed by atoms with Crippen LogP contribution in [0, 0.1) is 4.77 Å². The van der Waals surface area contributed by atoms with Gasteiger partial charge in [-0.05, 0) is 55.4 Å². The summed E-state index contributed by atoms with van der Waals surface area (Å²) in [5, 5.41) is 4.75. The van der Waals surface area contributed by atoms with Crippen LogP contribution in [0.4, 0.5) is 0 Å². The third-order valence-corrected chi connectivity index (χ3v) is 5.45. The average molecular weight is 351 g/mol. The smallest absolute Gasteiger partial charge is 0.199 e. The van der Waals surface area contributed by atoms with Crippen LogP contribution in [-0.2, 0) is 20.1 Å². The van der Waals surface area contributed by atoms with Crippen LogP contribution in [0.1, 0.15) is 23.6 Å². The van der Waals surface area contributed by atoms with E-state index in [2.05, 4.69) is 41.2 Å². The lowest BCUT2D eigenvalue weighted by Crippen LogP contribution is -2.26. The fourth-order valence-electron chi connectivity index (χ4n) is 3.63. The molecule has 0 aliphatic heterocycles. The number of rotatable bonds is 4. The van der Waals surface area contributed by atoms with Crippen LogP contribution in [0.15, 0.2) is 48.8 Å². The molecule has 0 bridgehead atoms. The molecule has 1 atom stereocenters. The van der Waals surface area contributed by atoms with E-state index in [1.165, 1.54) is 11.1 Å². The summed E-state index contributed by atoms with van der Waals surface area (Å²) in [6.07, 6.45) is 5.84. The van der Waals surface area contributed by atoms with Gasteiger partial charge in [0, 0.05) is 31.0 Å². The van der Waals surface area contributed by atoms with E-state index >= 15 is 0 Å². The van der Waals surface area contributed by atoms with Crippen molar-refractivity contribution in [3.8, 4) is 11.4 Å². The lowest BCUT2D eigenvalue weighted by atomic mass is 10.1. The van der Waals surface area contributed by atoms with Crippen LogP contribution >= 0.6 is 12.2 Å². The molecule has 0 fully saturated rings. The number of hydrogen-bond acceptors (Lipinski definition) is 4. The zero-order valence-corrected chi connectivity index (χ0v) is 15.3. The molecule has 1 aromatic carbocycles. The molecule has 4 rings (SSSR count). The summed E-state index contributed by atoms with van der Waals surface area (Å²) in [4.78, 5) is 6.41. The van der Waals surface area contributed by atoms with Gasteiger partial charge in [-0.25, -0.2) is 4.68 Å². The highest BCUT2D eigenvalue weighted by molar-refractivity contribution is 7.71. The Morgan fingerprint density at radius 3 is 2.76 bits per heavy atom. The number of fused-ring (bicyclic) bond motifs is 1. The predicted molar refractivity (Wildman–Crippen MR) is 101 cm³/mol. The second-order valence-corrected chi connectivity index (χ2v) is 6.92. The van der Waals surface area contributed by atoms with Crippen LogP contribution in [0.25, 0.3) is 11.4 Å². The van der Waals surface area contributed by atoms with Crippen LogP contribution in [0.3, 0.4) is 0 Å². The second kappa shape index (κ2) is 6.54. The number of aryl methyl sites for hydroxylation is 1. The molecule has 25 heavy (non-hydrogen) atoms. The lowest BCUT2D eigenvalue weighted by Gasteiger charge is -2.24. The zero-order chi connectivity index (χ0) is 17.4. The van der Waals surface area contributed by atoms with Crippen LogP contribution in [0.5, 0.6) is 0 Å². The molecular formula is C19H21N5S. The minimum atomic E-state index is 0.421. The quantitative estimate of drug-likeness (QED) is 0.674. The molecule has 1 unspecified atom stereocenters. The zero-order valence-electron chi connectivity index (χ0n) is 14.5. The molecule has 1 aliphatic rings. The van der Waals surface area contributed by atoms with Gasteiger partial charge in [0.15, 0.2) is 10.6 Å². The highest BCUT2D eigenvalue weighted by Crippen LogP contribution is 2.35. The Balaban J connectivity index is 1.61. The van der Waals surface area contributed by atoms with Crippen molar-refractivity contribution in [2.75, 3.05) is 7.05 Å². The van der Waals surface area contributed by atoms with Crippen molar-refractivity contribution in [1.29, 1.82) is 0 Å². The molecule has 3 aromatic rings. The lowest BCUT2D eigenvalue weighted by molar-refractivity contribution is 0.182. The Kier molecular flexibility index (Phi) is 4.23. The number of nitrogens with zero attached hydrogens (tertiary/aromatic N) is 5. The maximum absolute atomic E-state index is 5.61. The van der Waals surface area contributed by atoms with Crippen molar-refractivity contribution in [1.82, 2.24) is 24.2 Å². The van der Waals surface area contributed by atoms with Gasteiger partial charge >= 0.3 is 0 Å².